The van der Waals surface area contributed by atoms with E-state index in [1.165, 1.54) is 0 Å². The van der Waals surface area contributed by atoms with Crippen molar-refractivity contribution in [1.82, 2.24) is 10.2 Å². The number of ether oxygens (including phenoxy) is 1. The van der Waals surface area contributed by atoms with Gasteiger partial charge >= 0.3 is 0 Å². The summed E-state index contributed by atoms with van der Waals surface area (Å²) < 4.78 is 5.63. The molecule has 1 aliphatic rings. The molecule has 0 spiro atoms. The lowest BCUT2D eigenvalue weighted by atomic mass is 10.1. The van der Waals surface area contributed by atoms with E-state index in [2.05, 4.69) is 19.2 Å². The van der Waals surface area contributed by atoms with Crippen LogP contribution in [0, 0.1) is 5.92 Å². The van der Waals surface area contributed by atoms with E-state index in [0.29, 0.717) is 30.4 Å². The highest BCUT2D eigenvalue weighted by molar-refractivity contribution is 5.97. The van der Waals surface area contributed by atoms with Gasteiger partial charge in [-0.2, -0.15) is 0 Å². The molecular weight excluding hydrogens is 252 g/mol. The van der Waals surface area contributed by atoms with Gasteiger partial charge in [0.15, 0.2) is 0 Å². The highest BCUT2D eigenvalue weighted by Crippen LogP contribution is 2.22. The summed E-state index contributed by atoms with van der Waals surface area (Å²) in [5.41, 5.74) is 0.681. The van der Waals surface area contributed by atoms with E-state index in [1.807, 2.05) is 29.2 Å². The van der Waals surface area contributed by atoms with Gasteiger partial charge in [-0.3, -0.25) is 4.79 Å². The van der Waals surface area contributed by atoms with Crippen molar-refractivity contribution in [2.45, 2.75) is 20.3 Å². The van der Waals surface area contributed by atoms with Crippen LogP contribution in [-0.4, -0.2) is 43.6 Å². The van der Waals surface area contributed by atoms with Gasteiger partial charge < -0.3 is 15.0 Å². The summed E-state index contributed by atoms with van der Waals surface area (Å²) in [6, 6.07) is 7.49. The Morgan fingerprint density at radius 1 is 1.35 bits per heavy atom. The monoisotopic (exact) mass is 276 g/mol. The number of hydrogen-bond acceptors (Lipinski definition) is 3. The predicted octanol–water partition coefficient (Wildman–Crippen LogP) is 2.16. The van der Waals surface area contributed by atoms with E-state index in [-0.39, 0.29) is 5.91 Å². The molecule has 1 amide bonds. The minimum atomic E-state index is 0.0851. The van der Waals surface area contributed by atoms with Gasteiger partial charge in [-0.15, -0.1) is 0 Å². The summed E-state index contributed by atoms with van der Waals surface area (Å²) in [7, 11) is 0. The molecule has 1 N–H and O–H groups in total. The standard InChI is InChI=1S/C16H24N2O2/c1-13(2)12-17-8-5-9-18-10-11-20-15-7-4-3-6-14(15)16(18)19/h3-4,6-7,13,17H,5,8-12H2,1-2H3. The number of benzene rings is 1. The van der Waals surface area contributed by atoms with Crippen molar-refractivity contribution in [1.29, 1.82) is 0 Å². The Balaban J connectivity index is 1.85. The highest BCUT2D eigenvalue weighted by Gasteiger charge is 2.22. The first-order chi connectivity index (χ1) is 9.68. The number of amides is 1. The molecule has 1 aliphatic heterocycles. The van der Waals surface area contributed by atoms with Crippen molar-refractivity contribution < 1.29 is 9.53 Å². The van der Waals surface area contributed by atoms with E-state index in [4.69, 9.17) is 4.74 Å². The van der Waals surface area contributed by atoms with Crippen LogP contribution in [0.1, 0.15) is 30.6 Å². The Labute approximate surface area is 121 Å². The van der Waals surface area contributed by atoms with E-state index >= 15 is 0 Å². The first-order valence-corrected chi connectivity index (χ1v) is 7.40. The third-order valence-electron chi connectivity index (χ3n) is 3.36. The van der Waals surface area contributed by atoms with Gasteiger partial charge in [0.25, 0.3) is 5.91 Å². The predicted molar refractivity (Wildman–Crippen MR) is 80.2 cm³/mol. The molecule has 0 atom stereocenters. The molecule has 0 radical (unpaired) electrons. The molecule has 1 aromatic rings. The molecule has 4 nitrogen and oxygen atoms in total. The topological polar surface area (TPSA) is 41.6 Å². The van der Waals surface area contributed by atoms with Crippen LogP contribution in [0.5, 0.6) is 5.75 Å². The minimum absolute atomic E-state index is 0.0851. The van der Waals surface area contributed by atoms with Crippen LogP contribution in [0.2, 0.25) is 0 Å². The van der Waals surface area contributed by atoms with Crippen LogP contribution in [0.3, 0.4) is 0 Å². The molecule has 0 aromatic heterocycles. The van der Waals surface area contributed by atoms with Crippen molar-refractivity contribution in [2.24, 2.45) is 5.92 Å². The smallest absolute Gasteiger partial charge is 0.257 e. The summed E-state index contributed by atoms with van der Waals surface area (Å²) >= 11 is 0. The summed E-state index contributed by atoms with van der Waals surface area (Å²) in [5, 5.41) is 3.40. The van der Waals surface area contributed by atoms with Gasteiger partial charge in [0.2, 0.25) is 0 Å². The SMILES string of the molecule is CC(C)CNCCCN1CCOc2ccccc2C1=O. The molecule has 0 fully saturated rings. The first kappa shape index (κ1) is 14.9. The average Bonchev–Trinajstić information content (AvgIpc) is 2.59. The number of rotatable bonds is 6. The summed E-state index contributed by atoms with van der Waals surface area (Å²) in [4.78, 5) is 14.3. The second-order valence-corrected chi connectivity index (χ2v) is 5.59. The molecule has 0 bridgehead atoms. The van der Waals surface area contributed by atoms with Crippen LogP contribution in [0.15, 0.2) is 24.3 Å². The number of carbonyl (C=O) groups excluding carboxylic acids is 1. The van der Waals surface area contributed by atoms with E-state index < -0.39 is 0 Å². The van der Waals surface area contributed by atoms with Gasteiger partial charge in [-0.1, -0.05) is 26.0 Å². The molecule has 0 unspecified atom stereocenters. The van der Waals surface area contributed by atoms with Crippen molar-refractivity contribution in [3.05, 3.63) is 29.8 Å². The maximum atomic E-state index is 12.4. The zero-order valence-electron chi connectivity index (χ0n) is 12.4. The third kappa shape index (κ3) is 3.97. The number of fused-ring (bicyclic) bond motifs is 1. The largest absolute Gasteiger partial charge is 0.491 e. The number of nitrogens with one attached hydrogen (secondary N) is 1. The molecular formula is C16H24N2O2. The Hall–Kier alpha value is -1.55. The van der Waals surface area contributed by atoms with Crippen molar-refractivity contribution in [3.63, 3.8) is 0 Å². The molecule has 1 heterocycles. The van der Waals surface area contributed by atoms with Crippen LogP contribution in [0.4, 0.5) is 0 Å². The quantitative estimate of drug-likeness (QED) is 0.810. The van der Waals surface area contributed by atoms with Gasteiger partial charge in [0, 0.05) is 6.54 Å². The zero-order chi connectivity index (χ0) is 14.4. The molecule has 4 heteroatoms. The summed E-state index contributed by atoms with van der Waals surface area (Å²) in [6.07, 6.45) is 0.973. The normalized spacial score (nSPS) is 14.9. The molecule has 2 rings (SSSR count). The van der Waals surface area contributed by atoms with Crippen molar-refractivity contribution >= 4 is 5.91 Å². The maximum Gasteiger partial charge on any atom is 0.257 e. The summed E-state index contributed by atoms with van der Waals surface area (Å²) in [6.45, 7) is 8.38. The van der Waals surface area contributed by atoms with Crippen molar-refractivity contribution in [2.75, 3.05) is 32.8 Å². The molecule has 110 valence electrons. The highest BCUT2D eigenvalue weighted by atomic mass is 16.5. The van der Waals surface area contributed by atoms with Gasteiger partial charge in [-0.05, 0) is 37.6 Å². The van der Waals surface area contributed by atoms with Gasteiger partial charge in [-0.25, -0.2) is 0 Å². The Bertz CT molecular complexity index is 446. The van der Waals surface area contributed by atoms with E-state index in [1.54, 1.807) is 0 Å². The molecule has 0 saturated carbocycles. The van der Waals surface area contributed by atoms with E-state index in [0.717, 1.165) is 26.1 Å². The van der Waals surface area contributed by atoms with Crippen molar-refractivity contribution in [3.8, 4) is 5.75 Å². The lowest BCUT2D eigenvalue weighted by Gasteiger charge is -2.20. The zero-order valence-corrected chi connectivity index (χ0v) is 12.4. The molecule has 0 saturated heterocycles. The molecule has 1 aromatic carbocycles. The van der Waals surface area contributed by atoms with E-state index in [9.17, 15) is 4.79 Å². The van der Waals surface area contributed by atoms with Crippen LogP contribution in [-0.2, 0) is 0 Å². The van der Waals surface area contributed by atoms with Crippen LogP contribution in [0.25, 0.3) is 0 Å². The second-order valence-electron chi connectivity index (χ2n) is 5.59. The first-order valence-electron chi connectivity index (χ1n) is 7.40. The maximum absolute atomic E-state index is 12.4. The second kappa shape index (κ2) is 7.29. The fourth-order valence-corrected chi connectivity index (χ4v) is 2.31. The fraction of sp³-hybridized carbons (Fsp3) is 0.562. The molecule has 20 heavy (non-hydrogen) atoms. The Morgan fingerprint density at radius 3 is 2.95 bits per heavy atom. The third-order valence-corrected chi connectivity index (χ3v) is 3.36. The Morgan fingerprint density at radius 2 is 2.15 bits per heavy atom. The fourth-order valence-electron chi connectivity index (χ4n) is 2.31. The summed E-state index contributed by atoms with van der Waals surface area (Å²) in [5.74, 6) is 1.45. The minimum Gasteiger partial charge on any atom is -0.491 e. The Kier molecular flexibility index (Phi) is 5.41. The van der Waals surface area contributed by atoms with Gasteiger partial charge in [0.05, 0.1) is 12.1 Å². The lowest BCUT2D eigenvalue weighted by Crippen LogP contribution is -2.35. The lowest BCUT2D eigenvalue weighted by molar-refractivity contribution is 0.0754. The molecule has 0 aliphatic carbocycles. The van der Waals surface area contributed by atoms with Gasteiger partial charge in [0.1, 0.15) is 12.4 Å². The number of nitrogens with zero attached hydrogens (tertiary/aromatic N) is 1. The van der Waals surface area contributed by atoms with Crippen LogP contribution < -0.4 is 10.1 Å². The number of para-hydroxylation sites is 1. The number of carbonyl (C=O) groups is 1. The average molecular weight is 276 g/mol. The van der Waals surface area contributed by atoms with Crippen LogP contribution >= 0.6 is 0 Å². The number of hydrogen-bond donors (Lipinski definition) is 1.